The molecule has 0 aromatic rings. The van der Waals surface area contributed by atoms with Crippen LogP contribution >= 0.6 is 0 Å². The van der Waals surface area contributed by atoms with E-state index in [9.17, 15) is 60.3 Å². The van der Waals surface area contributed by atoms with E-state index in [0.29, 0.717) is 12.8 Å². The normalized spacial score (nSPS) is 55.8. The van der Waals surface area contributed by atoms with E-state index in [1.54, 1.807) is 0 Å². The van der Waals surface area contributed by atoms with Crippen LogP contribution in [-0.2, 0) is 52.3 Å². The van der Waals surface area contributed by atoms with Crippen molar-refractivity contribution in [1.29, 1.82) is 0 Å². The average molecular weight is 983 g/mol. The summed E-state index contributed by atoms with van der Waals surface area (Å²) in [7, 11) is 1.06. The molecular weight excluding hydrogens is 909 g/mol. The van der Waals surface area contributed by atoms with Gasteiger partial charge in [0.15, 0.2) is 31.1 Å². The number of carbonyl (C=O) groups is 3. The van der Waals surface area contributed by atoms with Gasteiger partial charge in [-0.05, 0) is 99.2 Å². The topological polar surface area (TPSA) is 307 Å². The minimum atomic E-state index is -2.15. The molecule has 9 N–H and O–H groups in total. The SMILES string of the molecule is COC(=O)[C@H]1O[C@@H](O[C@H]2CC[C@@]3(C)[C@@H](CC[C@]4(C)[C@@H]3CC=C3[C@@H]5C[C@]6(C)C[C@@H](OC6=O)[C@]5(C)CC[C@]34C)[C@@]2(C)CO)[C@H](O[C@@H]2O[C@H](C(=O)O)[C@@H](O)[C@H](O)[C@H]2O[C@@H]2O[C@@H](C)[C@H](O)[C@@H](O)[C@H]2O)[C@@H](O)[C@@H]1O. The lowest BCUT2D eigenvalue weighted by molar-refractivity contribution is -0.393. The molecule has 69 heavy (non-hydrogen) atoms. The number of hydrogen-bond donors (Lipinski definition) is 9. The summed E-state index contributed by atoms with van der Waals surface area (Å²) in [6.45, 7) is 14.5. The lowest BCUT2D eigenvalue weighted by Gasteiger charge is -2.71. The maximum Gasteiger partial charge on any atom is 0.337 e. The molecule has 5 aliphatic carbocycles. The van der Waals surface area contributed by atoms with Crippen molar-refractivity contribution in [1.82, 2.24) is 0 Å². The third kappa shape index (κ3) is 7.54. The van der Waals surface area contributed by atoms with E-state index in [1.165, 1.54) is 12.5 Å². The lowest BCUT2D eigenvalue weighted by Crippen LogP contribution is -2.68. The predicted molar refractivity (Wildman–Crippen MR) is 234 cm³/mol. The molecule has 26 atom stereocenters. The van der Waals surface area contributed by atoms with Crippen LogP contribution in [0.3, 0.4) is 0 Å². The van der Waals surface area contributed by atoms with Crippen molar-refractivity contribution in [2.24, 2.45) is 50.2 Å². The molecule has 20 heteroatoms. The van der Waals surface area contributed by atoms with E-state index in [0.717, 1.165) is 52.1 Å². The lowest BCUT2D eigenvalue weighted by atomic mass is 9.33. The predicted octanol–water partition coefficient (Wildman–Crippen LogP) is 0.430. The number of esters is 2. The molecule has 0 spiro atoms. The number of fused-ring (bicyclic) bond motifs is 10. The summed E-state index contributed by atoms with van der Waals surface area (Å²) in [5.41, 5.74) is -0.743. The third-order valence-electron chi connectivity index (χ3n) is 20.2. The van der Waals surface area contributed by atoms with E-state index >= 15 is 0 Å². The number of allylic oxidation sites excluding steroid dienone is 2. The fourth-order valence-electron chi connectivity index (χ4n) is 15.6. The summed E-state index contributed by atoms with van der Waals surface area (Å²) < 4.78 is 47.1. The first-order valence-electron chi connectivity index (χ1n) is 24.8. The van der Waals surface area contributed by atoms with E-state index in [4.69, 9.17) is 37.9 Å². The van der Waals surface area contributed by atoms with Gasteiger partial charge in [0.25, 0.3) is 0 Å². The highest BCUT2D eigenvalue weighted by molar-refractivity contribution is 5.79. The van der Waals surface area contributed by atoms with Gasteiger partial charge in [-0.2, -0.15) is 0 Å². The fraction of sp³-hybridized carbons (Fsp3) is 0.898. The van der Waals surface area contributed by atoms with Crippen molar-refractivity contribution < 1.29 is 98.2 Å². The minimum Gasteiger partial charge on any atom is -0.479 e. The van der Waals surface area contributed by atoms with Crippen LogP contribution in [0, 0.1) is 50.2 Å². The number of aliphatic hydroxyl groups is 8. The minimum absolute atomic E-state index is 0.0847. The molecule has 2 bridgehead atoms. The first-order valence-corrected chi connectivity index (χ1v) is 24.8. The second-order valence-electron chi connectivity index (χ2n) is 23.6. The molecule has 4 aliphatic heterocycles. The first-order chi connectivity index (χ1) is 32.2. The highest BCUT2D eigenvalue weighted by Crippen LogP contribution is 2.76. The molecule has 0 amide bonds. The van der Waals surface area contributed by atoms with Crippen LogP contribution in [0.25, 0.3) is 0 Å². The van der Waals surface area contributed by atoms with E-state index in [2.05, 4.69) is 40.7 Å². The number of rotatable bonds is 9. The van der Waals surface area contributed by atoms with Gasteiger partial charge in [-0.15, -0.1) is 0 Å². The van der Waals surface area contributed by atoms with Crippen molar-refractivity contribution in [3.63, 3.8) is 0 Å². The van der Waals surface area contributed by atoms with Crippen LogP contribution in [-0.4, -0.2) is 182 Å². The molecule has 4 saturated heterocycles. The Balaban J connectivity index is 1.01. The fourth-order valence-corrected chi connectivity index (χ4v) is 15.6. The summed E-state index contributed by atoms with van der Waals surface area (Å²) in [5.74, 6) is -2.56. The van der Waals surface area contributed by atoms with Gasteiger partial charge in [0.05, 0.1) is 31.3 Å². The second kappa shape index (κ2) is 17.6. The monoisotopic (exact) mass is 982 g/mol. The summed E-state index contributed by atoms with van der Waals surface area (Å²) in [6, 6.07) is 0. The second-order valence-corrected chi connectivity index (χ2v) is 23.6. The molecule has 20 nitrogen and oxygen atoms in total. The van der Waals surface area contributed by atoms with Gasteiger partial charge in [-0.1, -0.05) is 46.3 Å². The summed E-state index contributed by atoms with van der Waals surface area (Å²) in [5, 5.41) is 98.5. The Morgan fingerprint density at radius 3 is 1.96 bits per heavy atom. The maximum atomic E-state index is 13.2. The molecule has 8 fully saturated rings. The number of carboxylic acids is 1. The molecule has 4 saturated carbocycles. The van der Waals surface area contributed by atoms with Crippen LogP contribution in [0.2, 0.25) is 0 Å². The molecule has 4 heterocycles. The number of aliphatic hydroxyl groups excluding tert-OH is 8. The molecule has 9 rings (SSSR count). The number of methoxy groups -OCH3 is 1. The number of carboxylic acid groups (broad SMARTS) is 1. The Hall–Kier alpha value is -2.41. The largest absolute Gasteiger partial charge is 0.479 e. The number of ether oxygens (including phenoxy) is 8. The molecule has 9 aliphatic rings. The summed E-state index contributed by atoms with van der Waals surface area (Å²) in [4.78, 5) is 38.6. The molecule has 0 radical (unpaired) electrons. The highest BCUT2D eigenvalue weighted by Gasteiger charge is 2.72. The Labute approximate surface area is 401 Å². The van der Waals surface area contributed by atoms with Gasteiger partial charge in [-0.3, -0.25) is 4.79 Å². The standard InChI is InChI=1S/C49H74O20/c1-20-27(51)28(52)33(57)40(63-20)68-37-31(55)29(53)34(38(58)59)66-42(37)69-36-32(56)30(54)35(39(60)62-8)67-41(36)64-25-12-13-46(4)23(47(25,5)19-50)11-14-49(7)24(46)10-9-21-22-17-44(2)18-26(65-43(44)61)45(22,3)15-16-48(21,49)6/h9,20,22-37,40-42,50-57H,10-19H2,1-8H3,(H,58,59)/t20-,22-,23+,24+,25-,26+,27-,28+,29-,30-,31-,32-,33+,34-,35-,36+,37+,40-,41+,42-,44+,45+,46-,47+,48+,49+/m0/s1. The van der Waals surface area contributed by atoms with Gasteiger partial charge in [-0.25, -0.2) is 9.59 Å². The van der Waals surface area contributed by atoms with E-state index < -0.39 is 121 Å². The maximum absolute atomic E-state index is 13.2. The van der Waals surface area contributed by atoms with Crippen LogP contribution in [0.4, 0.5) is 0 Å². The van der Waals surface area contributed by atoms with Crippen molar-refractivity contribution in [3.8, 4) is 0 Å². The van der Waals surface area contributed by atoms with Gasteiger partial charge in [0.2, 0.25) is 0 Å². The van der Waals surface area contributed by atoms with Crippen molar-refractivity contribution >= 4 is 17.9 Å². The van der Waals surface area contributed by atoms with Crippen LogP contribution in [0.15, 0.2) is 11.6 Å². The third-order valence-corrected chi connectivity index (χ3v) is 20.2. The van der Waals surface area contributed by atoms with E-state index in [-0.39, 0.29) is 58.1 Å². The van der Waals surface area contributed by atoms with Crippen molar-refractivity contribution in [2.75, 3.05) is 13.7 Å². The average Bonchev–Trinajstić information content (AvgIpc) is 3.57. The quantitative estimate of drug-likeness (QED) is 0.0860. The molecular formula is C49H74O20. The Morgan fingerprint density at radius 1 is 0.696 bits per heavy atom. The number of hydrogen-bond acceptors (Lipinski definition) is 19. The van der Waals surface area contributed by atoms with Crippen LogP contribution in [0.1, 0.15) is 106 Å². The Morgan fingerprint density at radius 2 is 1.32 bits per heavy atom. The van der Waals surface area contributed by atoms with Crippen molar-refractivity contribution in [2.45, 2.75) is 211 Å². The van der Waals surface area contributed by atoms with Crippen LogP contribution in [0.5, 0.6) is 0 Å². The molecule has 0 unspecified atom stereocenters. The zero-order chi connectivity index (χ0) is 50.3. The molecule has 390 valence electrons. The number of carbonyl (C=O) groups excluding carboxylic acids is 2. The smallest absolute Gasteiger partial charge is 0.337 e. The summed E-state index contributed by atoms with van der Waals surface area (Å²) in [6.07, 6.45) is -19.6. The van der Waals surface area contributed by atoms with Gasteiger partial charge < -0.3 is 83.9 Å². The highest BCUT2D eigenvalue weighted by atomic mass is 16.8. The van der Waals surface area contributed by atoms with Crippen LogP contribution < -0.4 is 0 Å². The number of aliphatic carboxylic acids is 1. The van der Waals surface area contributed by atoms with Crippen molar-refractivity contribution in [3.05, 3.63) is 11.6 Å². The Bertz CT molecular complexity index is 2040. The Kier molecular flexibility index (Phi) is 13.2. The zero-order valence-corrected chi connectivity index (χ0v) is 40.7. The summed E-state index contributed by atoms with van der Waals surface area (Å²) >= 11 is 0. The molecule has 0 aromatic heterocycles. The van der Waals surface area contributed by atoms with Gasteiger partial charge >= 0.3 is 17.9 Å². The van der Waals surface area contributed by atoms with E-state index in [1.807, 2.05) is 6.92 Å². The first kappa shape index (κ1) is 51.5. The van der Waals surface area contributed by atoms with Gasteiger partial charge in [0, 0.05) is 17.3 Å². The zero-order valence-electron chi connectivity index (χ0n) is 40.7. The molecule has 0 aromatic carbocycles. The van der Waals surface area contributed by atoms with Gasteiger partial charge in [0.1, 0.15) is 61.0 Å².